The number of ether oxygens (including phenoxy) is 2. The van der Waals surface area contributed by atoms with Crippen LogP contribution in [0.2, 0.25) is 0 Å². The molecule has 1 unspecified atom stereocenters. The van der Waals surface area contributed by atoms with Crippen molar-refractivity contribution >= 4 is 0 Å². The maximum atomic E-state index is 9.97. The number of aliphatic hydroxyl groups excluding tert-OH is 1. The lowest BCUT2D eigenvalue weighted by Gasteiger charge is -2.33. The SMILES string of the molecule is CCCOCCOCC(CO)(NC1CC1)c1ccccc1. The van der Waals surface area contributed by atoms with Crippen LogP contribution >= 0.6 is 0 Å². The van der Waals surface area contributed by atoms with Gasteiger partial charge in [-0.2, -0.15) is 0 Å². The van der Waals surface area contributed by atoms with Gasteiger partial charge in [-0.15, -0.1) is 0 Å². The molecule has 0 aromatic heterocycles. The molecule has 1 atom stereocenters. The first kappa shape index (κ1) is 16.4. The van der Waals surface area contributed by atoms with Gasteiger partial charge in [-0.25, -0.2) is 0 Å². The Labute approximate surface area is 127 Å². The standard InChI is InChI=1S/C17H27NO3/c1-2-10-20-11-12-21-14-17(13-19,18-16-8-9-16)15-6-4-3-5-7-15/h3-7,16,18-19H,2,8-14H2,1H3. The maximum absolute atomic E-state index is 9.97. The molecule has 4 nitrogen and oxygen atoms in total. The molecule has 0 radical (unpaired) electrons. The Bertz CT molecular complexity index is 394. The Morgan fingerprint density at radius 1 is 1.14 bits per heavy atom. The van der Waals surface area contributed by atoms with Gasteiger partial charge < -0.3 is 19.9 Å². The quantitative estimate of drug-likeness (QED) is 0.613. The minimum absolute atomic E-state index is 0.0311. The van der Waals surface area contributed by atoms with Crippen LogP contribution in [-0.2, 0) is 15.0 Å². The van der Waals surface area contributed by atoms with Crippen molar-refractivity contribution in [2.75, 3.05) is 33.0 Å². The van der Waals surface area contributed by atoms with Gasteiger partial charge in [-0.3, -0.25) is 0 Å². The number of hydrogen-bond donors (Lipinski definition) is 2. The third-order valence-corrected chi connectivity index (χ3v) is 3.72. The summed E-state index contributed by atoms with van der Waals surface area (Å²) >= 11 is 0. The largest absolute Gasteiger partial charge is 0.394 e. The Morgan fingerprint density at radius 2 is 1.86 bits per heavy atom. The highest BCUT2D eigenvalue weighted by Gasteiger charge is 2.37. The number of benzene rings is 1. The van der Waals surface area contributed by atoms with Gasteiger partial charge in [0.2, 0.25) is 0 Å². The average Bonchev–Trinajstić information content (AvgIpc) is 3.34. The highest BCUT2D eigenvalue weighted by Crippen LogP contribution is 2.29. The van der Waals surface area contributed by atoms with Crippen molar-refractivity contribution < 1.29 is 14.6 Å². The van der Waals surface area contributed by atoms with Crippen molar-refractivity contribution in [3.05, 3.63) is 35.9 Å². The summed E-state index contributed by atoms with van der Waals surface area (Å²) in [5, 5.41) is 13.5. The minimum atomic E-state index is -0.507. The van der Waals surface area contributed by atoms with Crippen LogP contribution in [0.4, 0.5) is 0 Å². The molecule has 2 N–H and O–H groups in total. The number of nitrogens with one attached hydrogen (secondary N) is 1. The summed E-state index contributed by atoms with van der Waals surface area (Å²) in [5.74, 6) is 0. The second kappa shape index (κ2) is 8.49. The van der Waals surface area contributed by atoms with Gasteiger partial charge >= 0.3 is 0 Å². The van der Waals surface area contributed by atoms with Crippen molar-refractivity contribution in [1.82, 2.24) is 5.32 Å². The maximum Gasteiger partial charge on any atom is 0.0908 e. The van der Waals surface area contributed by atoms with E-state index in [1.807, 2.05) is 30.3 Å². The predicted molar refractivity (Wildman–Crippen MR) is 83.3 cm³/mol. The monoisotopic (exact) mass is 293 g/mol. The molecule has 1 aliphatic rings. The van der Waals surface area contributed by atoms with Crippen LogP contribution in [0, 0.1) is 0 Å². The van der Waals surface area contributed by atoms with Crippen molar-refractivity contribution in [2.45, 2.75) is 37.8 Å². The first-order valence-electron chi connectivity index (χ1n) is 7.90. The fourth-order valence-corrected chi connectivity index (χ4v) is 2.38. The molecular weight excluding hydrogens is 266 g/mol. The van der Waals surface area contributed by atoms with Crippen molar-refractivity contribution in [2.24, 2.45) is 0 Å². The second-order valence-corrected chi connectivity index (χ2v) is 5.69. The minimum Gasteiger partial charge on any atom is -0.394 e. The zero-order chi connectivity index (χ0) is 15.0. The summed E-state index contributed by atoms with van der Waals surface area (Å²) in [6.07, 6.45) is 3.37. The molecule has 0 bridgehead atoms. The summed E-state index contributed by atoms with van der Waals surface area (Å²) in [7, 11) is 0. The number of rotatable bonds is 11. The van der Waals surface area contributed by atoms with Crippen LogP contribution < -0.4 is 5.32 Å². The summed E-state index contributed by atoms with van der Waals surface area (Å²) in [4.78, 5) is 0. The molecular formula is C17H27NO3. The van der Waals surface area contributed by atoms with E-state index in [4.69, 9.17) is 9.47 Å². The lowest BCUT2D eigenvalue weighted by molar-refractivity contribution is 0.000825. The molecule has 0 saturated heterocycles. The number of aliphatic hydroxyl groups is 1. The van der Waals surface area contributed by atoms with E-state index in [-0.39, 0.29) is 6.61 Å². The average molecular weight is 293 g/mol. The molecule has 1 aromatic carbocycles. The number of hydrogen-bond acceptors (Lipinski definition) is 4. The van der Waals surface area contributed by atoms with E-state index in [0.717, 1.165) is 18.6 Å². The topological polar surface area (TPSA) is 50.7 Å². The molecule has 1 aliphatic carbocycles. The molecule has 2 rings (SSSR count). The molecule has 118 valence electrons. The normalized spacial score (nSPS) is 17.6. The molecule has 0 heterocycles. The molecule has 1 aromatic rings. The van der Waals surface area contributed by atoms with Gasteiger partial charge in [0, 0.05) is 12.6 Å². The first-order valence-corrected chi connectivity index (χ1v) is 7.90. The Kier molecular flexibility index (Phi) is 6.64. The molecule has 0 spiro atoms. The fraction of sp³-hybridized carbons (Fsp3) is 0.647. The molecule has 1 fully saturated rings. The van der Waals surface area contributed by atoms with Gasteiger partial charge in [0.05, 0.1) is 32.0 Å². The van der Waals surface area contributed by atoms with E-state index in [2.05, 4.69) is 12.2 Å². The van der Waals surface area contributed by atoms with Crippen LogP contribution in [-0.4, -0.2) is 44.2 Å². The van der Waals surface area contributed by atoms with Gasteiger partial charge in [-0.05, 0) is 24.8 Å². The molecule has 1 saturated carbocycles. The lowest BCUT2D eigenvalue weighted by atomic mass is 9.91. The highest BCUT2D eigenvalue weighted by atomic mass is 16.5. The fourth-order valence-electron chi connectivity index (χ4n) is 2.38. The summed E-state index contributed by atoms with van der Waals surface area (Å²) < 4.78 is 11.2. The third kappa shape index (κ3) is 5.08. The molecule has 0 aliphatic heterocycles. The summed E-state index contributed by atoms with van der Waals surface area (Å²) in [6.45, 7) is 4.51. The molecule has 4 heteroatoms. The van der Waals surface area contributed by atoms with Crippen LogP contribution in [0.25, 0.3) is 0 Å². The van der Waals surface area contributed by atoms with E-state index in [1.54, 1.807) is 0 Å². The van der Waals surface area contributed by atoms with Gasteiger partial charge in [0.15, 0.2) is 0 Å². The Balaban J connectivity index is 1.91. The third-order valence-electron chi connectivity index (χ3n) is 3.72. The Morgan fingerprint density at radius 3 is 2.48 bits per heavy atom. The summed E-state index contributed by atoms with van der Waals surface area (Å²) in [6, 6.07) is 10.6. The zero-order valence-corrected chi connectivity index (χ0v) is 12.9. The van der Waals surface area contributed by atoms with Gasteiger partial charge in [-0.1, -0.05) is 37.3 Å². The summed E-state index contributed by atoms with van der Waals surface area (Å²) in [5.41, 5.74) is 0.571. The van der Waals surface area contributed by atoms with Crippen molar-refractivity contribution in [3.8, 4) is 0 Å². The predicted octanol–water partition coefficient (Wildman–Crippen LogP) is 2.07. The zero-order valence-electron chi connectivity index (χ0n) is 12.9. The Hall–Kier alpha value is -0.940. The van der Waals surface area contributed by atoms with Crippen LogP contribution in [0.3, 0.4) is 0 Å². The van der Waals surface area contributed by atoms with Crippen molar-refractivity contribution in [1.29, 1.82) is 0 Å². The smallest absolute Gasteiger partial charge is 0.0908 e. The van der Waals surface area contributed by atoms with E-state index in [9.17, 15) is 5.11 Å². The first-order chi connectivity index (χ1) is 10.3. The van der Waals surface area contributed by atoms with Gasteiger partial charge in [0.25, 0.3) is 0 Å². The van der Waals surface area contributed by atoms with E-state index >= 15 is 0 Å². The lowest BCUT2D eigenvalue weighted by Crippen LogP contribution is -2.50. The van der Waals surface area contributed by atoms with Crippen molar-refractivity contribution in [3.63, 3.8) is 0 Å². The second-order valence-electron chi connectivity index (χ2n) is 5.69. The highest BCUT2D eigenvalue weighted by molar-refractivity contribution is 5.25. The van der Waals surface area contributed by atoms with E-state index in [1.165, 1.54) is 12.8 Å². The van der Waals surface area contributed by atoms with Crippen LogP contribution in [0.5, 0.6) is 0 Å². The van der Waals surface area contributed by atoms with Crippen LogP contribution in [0.1, 0.15) is 31.7 Å². The molecule has 21 heavy (non-hydrogen) atoms. The van der Waals surface area contributed by atoms with E-state index in [0.29, 0.717) is 25.9 Å². The van der Waals surface area contributed by atoms with E-state index < -0.39 is 5.54 Å². The van der Waals surface area contributed by atoms with Crippen LogP contribution in [0.15, 0.2) is 30.3 Å². The van der Waals surface area contributed by atoms with Gasteiger partial charge in [0.1, 0.15) is 0 Å². The molecule has 0 amide bonds.